The molecule has 2 saturated carbocycles. The third kappa shape index (κ3) is 2.41. The van der Waals surface area contributed by atoms with Crippen molar-refractivity contribution < 1.29 is 9.84 Å². The van der Waals surface area contributed by atoms with Gasteiger partial charge in [-0.2, -0.15) is 0 Å². The Hall–Kier alpha value is -0.120. The van der Waals surface area contributed by atoms with Gasteiger partial charge in [0.25, 0.3) is 0 Å². The average Bonchev–Trinajstić information content (AvgIpc) is 3.01. The molecular weight excluding hydrogens is 202 g/mol. The molecule has 1 N–H and O–H groups in total. The molecule has 2 rings (SSSR count). The van der Waals surface area contributed by atoms with Gasteiger partial charge >= 0.3 is 0 Å². The first-order valence-corrected chi connectivity index (χ1v) is 6.49. The summed E-state index contributed by atoms with van der Waals surface area (Å²) in [6.07, 6.45) is 4.69. The Morgan fingerprint density at radius 3 is 2.44 bits per heavy atom. The van der Waals surface area contributed by atoms with Gasteiger partial charge in [0, 0.05) is 25.7 Å². The van der Waals surface area contributed by atoms with Crippen LogP contribution in [-0.4, -0.2) is 48.5 Å². The molecule has 0 aromatic heterocycles. The minimum Gasteiger partial charge on any atom is -0.391 e. The molecule has 0 spiro atoms. The molecule has 0 aromatic carbocycles. The third-order valence-corrected chi connectivity index (χ3v) is 4.25. The van der Waals surface area contributed by atoms with Gasteiger partial charge in [-0.1, -0.05) is 13.8 Å². The van der Waals surface area contributed by atoms with Gasteiger partial charge in [-0.15, -0.1) is 0 Å². The highest BCUT2D eigenvalue weighted by atomic mass is 16.5. The van der Waals surface area contributed by atoms with E-state index in [1.807, 2.05) is 0 Å². The molecule has 16 heavy (non-hydrogen) atoms. The second kappa shape index (κ2) is 4.63. The zero-order valence-electron chi connectivity index (χ0n) is 10.8. The highest BCUT2D eigenvalue weighted by Gasteiger charge is 2.46. The maximum Gasteiger partial charge on any atom is 0.0746 e. The van der Waals surface area contributed by atoms with Crippen molar-refractivity contribution in [1.82, 2.24) is 4.90 Å². The van der Waals surface area contributed by atoms with Crippen LogP contribution >= 0.6 is 0 Å². The molecule has 2 unspecified atom stereocenters. The molecule has 0 bridgehead atoms. The Balaban J connectivity index is 1.97. The van der Waals surface area contributed by atoms with Gasteiger partial charge in [0.15, 0.2) is 0 Å². The van der Waals surface area contributed by atoms with Crippen LogP contribution in [0.25, 0.3) is 0 Å². The Bertz CT molecular complexity index is 238. The van der Waals surface area contributed by atoms with E-state index in [1.54, 1.807) is 7.11 Å². The lowest BCUT2D eigenvalue weighted by Gasteiger charge is -2.34. The number of ether oxygens (including phenoxy) is 1. The highest BCUT2D eigenvalue weighted by Crippen LogP contribution is 2.42. The number of hydrogen-bond donors (Lipinski definition) is 1. The summed E-state index contributed by atoms with van der Waals surface area (Å²) in [7, 11) is 1.75. The van der Waals surface area contributed by atoms with Crippen LogP contribution in [0.4, 0.5) is 0 Å². The minimum atomic E-state index is -0.176. The summed E-state index contributed by atoms with van der Waals surface area (Å²) in [6.45, 7) is 6.11. The van der Waals surface area contributed by atoms with Crippen molar-refractivity contribution in [3.05, 3.63) is 0 Å². The number of aliphatic hydroxyl groups is 1. The second-order valence-corrected chi connectivity index (χ2v) is 6.00. The van der Waals surface area contributed by atoms with Crippen LogP contribution in [0.5, 0.6) is 0 Å². The standard InChI is InChI=1S/C13H25NO2/c1-13(2)7-6-11(12(13)15)14(8-9-16-3)10-4-5-10/h10-12,15H,4-9H2,1-3H3. The summed E-state index contributed by atoms with van der Waals surface area (Å²) in [5, 5.41) is 10.4. The topological polar surface area (TPSA) is 32.7 Å². The van der Waals surface area contributed by atoms with Gasteiger partial charge in [0.1, 0.15) is 0 Å². The Kier molecular flexibility index (Phi) is 3.57. The van der Waals surface area contributed by atoms with Crippen molar-refractivity contribution in [2.45, 2.75) is 57.7 Å². The smallest absolute Gasteiger partial charge is 0.0746 e. The van der Waals surface area contributed by atoms with Crippen molar-refractivity contribution in [2.75, 3.05) is 20.3 Å². The number of hydrogen-bond acceptors (Lipinski definition) is 3. The molecule has 0 heterocycles. The van der Waals surface area contributed by atoms with E-state index in [2.05, 4.69) is 18.7 Å². The Morgan fingerprint density at radius 1 is 1.31 bits per heavy atom. The zero-order valence-corrected chi connectivity index (χ0v) is 10.8. The molecule has 0 amide bonds. The second-order valence-electron chi connectivity index (χ2n) is 6.00. The molecule has 0 saturated heterocycles. The van der Waals surface area contributed by atoms with E-state index in [0.29, 0.717) is 12.1 Å². The van der Waals surface area contributed by atoms with Crippen molar-refractivity contribution in [1.29, 1.82) is 0 Å². The SMILES string of the molecule is COCCN(C1CC1)C1CCC(C)(C)C1O. The van der Waals surface area contributed by atoms with E-state index in [4.69, 9.17) is 4.74 Å². The van der Waals surface area contributed by atoms with Crippen molar-refractivity contribution >= 4 is 0 Å². The van der Waals surface area contributed by atoms with Gasteiger partial charge in [-0.3, -0.25) is 4.90 Å². The summed E-state index contributed by atoms with van der Waals surface area (Å²) >= 11 is 0. The molecule has 3 heteroatoms. The molecule has 0 radical (unpaired) electrons. The third-order valence-electron chi connectivity index (χ3n) is 4.25. The lowest BCUT2D eigenvalue weighted by atomic mass is 9.88. The van der Waals surface area contributed by atoms with Crippen LogP contribution in [0, 0.1) is 5.41 Å². The van der Waals surface area contributed by atoms with Crippen LogP contribution in [0.15, 0.2) is 0 Å². The Morgan fingerprint density at radius 2 is 2.00 bits per heavy atom. The van der Waals surface area contributed by atoms with E-state index < -0.39 is 0 Å². The maximum absolute atomic E-state index is 10.4. The lowest BCUT2D eigenvalue weighted by Crippen LogP contribution is -2.46. The normalized spacial score (nSPS) is 33.6. The van der Waals surface area contributed by atoms with Crippen LogP contribution in [0.2, 0.25) is 0 Å². The molecule has 3 nitrogen and oxygen atoms in total. The van der Waals surface area contributed by atoms with Crippen LogP contribution in [0.1, 0.15) is 39.5 Å². The molecule has 0 aromatic rings. The van der Waals surface area contributed by atoms with E-state index in [0.717, 1.165) is 26.0 Å². The van der Waals surface area contributed by atoms with Gasteiger partial charge < -0.3 is 9.84 Å². The first-order chi connectivity index (χ1) is 7.56. The van der Waals surface area contributed by atoms with Crippen molar-refractivity contribution in [2.24, 2.45) is 5.41 Å². The van der Waals surface area contributed by atoms with Gasteiger partial charge in [0.05, 0.1) is 12.7 Å². The number of methoxy groups -OCH3 is 1. The molecule has 0 aliphatic heterocycles. The summed E-state index contributed by atoms with van der Waals surface area (Å²) < 4.78 is 5.17. The fourth-order valence-electron chi connectivity index (χ4n) is 2.92. The number of aliphatic hydroxyl groups excluding tert-OH is 1. The monoisotopic (exact) mass is 227 g/mol. The van der Waals surface area contributed by atoms with Gasteiger partial charge in [-0.05, 0) is 31.1 Å². The zero-order chi connectivity index (χ0) is 11.8. The predicted octanol–water partition coefficient (Wildman–Crippen LogP) is 1.65. The number of rotatable bonds is 5. The summed E-state index contributed by atoms with van der Waals surface area (Å²) in [5.74, 6) is 0. The molecule has 2 aliphatic carbocycles. The lowest BCUT2D eigenvalue weighted by molar-refractivity contribution is 0.00337. The molecule has 94 valence electrons. The van der Waals surface area contributed by atoms with Crippen molar-refractivity contribution in [3.8, 4) is 0 Å². The first-order valence-electron chi connectivity index (χ1n) is 6.49. The van der Waals surface area contributed by atoms with Crippen LogP contribution in [0.3, 0.4) is 0 Å². The van der Waals surface area contributed by atoms with Crippen molar-refractivity contribution in [3.63, 3.8) is 0 Å². The maximum atomic E-state index is 10.4. The van der Waals surface area contributed by atoms with Crippen LogP contribution in [-0.2, 0) is 4.74 Å². The quantitative estimate of drug-likeness (QED) is 0.775. The van der Waals surface area contributed by atoms with Gasteiger partial charge in [0.2, 0.25) is 0 Å². The summed E-state index contributed by atoms with van der Waals surface area (Å²) in [4.78, 5) is 2.49. The first kappa shape index (κ1) is 12.3. The van der Waals surface area contributed by atoms with E-state index in [1.165, 1.54) is 12.8 Å². The summed E-state index contributed by atoms with van der Waals surface area (Å²) in [5.41, 5.74) is 0.0882. The highest BCUT2D eigenvalue weighted by molar-refractivity contribution is 5.00. The minimum absolute atomic E-state index is 0.0882. The van der Waals surface area contributed by atoms with Crippen LogP contribution < -0.4 is 0 Å². The summed E-state index contributed by atoms with van der Waals surface area (Å²) in [6, 6.07) is 1.07. The molecule has 2 fully saturated rings. The van der Waals surface area contributed by atoms with E-state index in [9.17, 15) is 5.11 Å². The number of nitrogens with zero attached hydrogens (tertiary/aromatic N) is 1. The largest absolute Gasteiger partial charge is 0.391 e. The molecule has 2 atom stereocenters. The molecule has 2 aliphatic rings. The fraction of sp³-hybridized carbons (Fsp3) is 1.00. The average molecular weight is 227 g/mol. The predicted molar refractivity (Wildman–Crippen MR) is 64.4 cm³/mol. The van der Waals surface area contributed by atoms with E-state index >= 15 is 0 Å². The fourth-order valence-corrected chi connectivity index (χ4v) is 2.92. The molecular formula is C13H25NO2. The van der Waals surface area contributed by atoms with E-state index in [-0.39, 0.29) is 11.5 Å². The Labute approximate surface area is 98.8 Å². The van der Waals surface area contributed by atoms with Gasteiger partial charge in [-0.25, -0.2) is 0 Å².